The van der Waals surface area contributed by atoms with Crippen molar-refractivity contribution in [3.63, 3.8) is 0 Å². The number of phenols is 1. The first-order valence-corrected chi connectivity index (χ1v) is 6.43. The number of nitrogens with one attached hydrogen (secondary N) is 1. The zero-order valence-corrected chi connectivity index (χ0v) is 11.9. The van der Waals surface area contributed by atoms with Gasteiger partial charge in [0, 0.05) is 0 Å². The maximum atomic E-state index is 12.0. The molecular weight excluding hydrogens is 284 g/mol. The molecule has 1 aromatic carbocycles. The molecular formula is C16H14N2O4. The van der Waals surface area contributed by atoms with Crippen molar-refractivity contribution in [1.82, 2.24) is 5.32 Å². The number of hydrogen-bond acceptors (Lipinski definition) is 5. The average molecular weight is 298 g/mol. The van der Waals surface area contributed by atoms with E-state index in [1.807, 2.05) is 6.07 Å². The fourth-order valence-electron chi connectivity index (χ4n) is 1.78. The van der Waals surface area contributed by atoms with Gasteiger partial charge in [-0.3, -0.25) is 4.79 Å². The van der Waals surface area contributed by atoms with Gasteiger partial charge in [0.1, 0.15) is 17.4 Å². The lowest BCUT2D eigenvalue weighted by Gasteiger charge is -2.05. The Balaban J connectivity index is 2.13. The van der Waals surface area contributed by atoms with Gasteiger partial charge in [0.05, 0.1) is 19.9 Å². The summed E-state index contributed by atoms with van der Waals surface area (Å²) in [6.07, 6.45) is 2.92. The van der Waals surface area contributed by atoms with Crippen molar-refractivity contribution in [3.05, 3.63) is 53.5 Å². The number of furan rings is 1. The van der Waals surface area contributed by atoms with Gasteiger partial charge in [-0.2, -0.15) is 5.26 Å². The molecule has 1 heterocycles. The summed E-state index contributed by atoms with van der Waals surface area (Å²) in [4.78, 5) is 12.0. The highest BCUT2D eigenvalue weighted by atomic mass is 16.5. The molecule has 6 heteroatoms. The molecule has 0 aliphatic rings. The van der Waals surface area contributed by atoms with Crippen LogP contribution in [0.5, 0.6) is 11.5 Å². The van der Waals surface area contributed by atoms with Crippen LogP contribution in [-0.2, 0) is 11.3 Å². The van der Waals surface area contributed by atoms with Crippen LogP contribution in [0.25, 0.3) is 6.08 Å². The number of ether oxygens (including phenoxy) is 1. The number of phenolic OH excluding ortho intramolecular Hbond substituents is 1. The highest BCUT2D eigenvalue weighted by Crippen LogP contribution is 2.27. The van der Waals surface area contributed by atoms with E-state index in [4.69, 9.17) is 14.4 Å². The Labute approximate surface area is 127 Å². The van der Waals surface area contributed by atoms with Gasteiger partial charge in [0.15, 0.2) is 11.5 Å². The number of hydrogen-bond donors (Lipinski definition) is 2. The van der Waals surface area contributed by atoms with Crippen LogP contribution < -0.4 is 10.1 Å². The number of nitrogens with zero attached hydrogens (tertiary/aromatic N) is 1. The third kappa shape index (κ3) is 3.67. The lowest BCUT2D eigenvalue weighted by Crippen LogP contribution is -2.23. The topological polar surface area (TPSA) is 95.5 Å². The number of carbonyl (C=O) groups is 1. The number of methoxy groups -OCH3 is 1. The van der Waals surface area contributed by atoms with Crippen LogP contribution >= 0.6 is 0 Å². The van der Waals surface area contributed by atoms with E-state index in [0.717, 1.165) is 0 Å². The largest absolute Gasteiger partial charge is 0.504 e. The molecule has 2 rings (SSSR count). The first-order valence-electron chi connectivity index (χ1n) is 6.43. The van der Waals surface area contributed by atoms with E-state index < -0.39 is 5.91 Å². The van der Waals surface area contributed by atoms with Gasteiger partial charge in [0.2, 0.25) is 0 Å². The van der Waals surface area contributed by atoms with Crippen LogP contribution in [-0.4, -0.2) is 18.1 Å². The molecule has 0 spiro atoms. The van der Waals surface area contributed by atoms with Crippen LogP contribution in [0.15, 0.2) is 46.6 Å². The smallest absolute Gasteiger partial charge is 0.262 e. The van der Waals surface area contributed by atoms with Crippen LogP contribution in [0.2, 0.25) is 0 Å². The molecule has 22 heavy (non-hydrogen) atoms. The molecule has 6 nitrogen and oxygen atoms in total. The van der Waals surface area contributed by atoms with Gasteiger partial charge >= 0.3 is 0 Å². The van der Waals surface area contributed by atoms with Crippen molar-refractivity contribution in [2.75, 3.05) is 7.11 Å². The second kappa shape index (κ2) is 6.99. The van der Waals surface area contributed by atoms with Crippen molar-refractivity contribution in [2.24, 2.45) is 0 Å². The number of nitriles is 1. The predicted octanol–water partition coefficient (Wildman–Crippen LogP) is 2.22. The number of aromatic hydroxyl groups is 1. The summed E-state index contributed by atoms with van der Waals surface area (Å²) < 4.78 is 10.1. The SMILES string of the molecule is COc1cc(C=C(C#N)C(=O)NCc2ccco2)ccc1O. The molecule has 0 fully saturated rings. The third-order valence-electron chi connectivity index (χ3n) is 2.88. The van der Waals surface area contributed by atoms with Gasteiger partial charge in [-0.1, -0.05) is 6.07 Å². The Bertz CT molecular complexity index is 727. The Morgan fingerprint density at radius 2 is 2.32 bits per heavy atom. The fraction of sp³-hybridized carbons (Fsp3) is 0.125. The molecule has 0 bridgehead atoms. The van der Waals surface area contributed by atoms with Crippen LogP contribution in [0, 0.1) is 11.3 Å². The molecule has 2 aromatic rings. The van der Waals surface area contributed by atoms with Gasteiger partial charge in [-0.15, -0.1) is 0 Å². The molecule has 0 saturated heterocycles. The van der Waals surface area contributed by atoms with E-state index in [-0.39, 0.29) is 23.6 Å². The quantitative estimate of drug-likeness (QED) is 0.652. The normalized spacial score (nSPS) is 10.8. The first kappa shape index (κ1) is 15.2. The molecule has 0 saturated carbocycles. The molecule has 0 unspecified atom stereocenters. The second-order valence-corrected chi connectivity index (χ2v) is 4.36. The minimum atomic E-state index is -0.508. The number of rotatable bonds is 5. The number of carbonyl (C=O) groups excluding carboxylic acids is 1. The van der Waals surface area contributed by atoms with Gasteiger partial charge < -0.3 is 19.6 Å². The predicted molar refractivity (Wildman–Crippen MR) is 78.8 cm³/mol. The summed E-state index contributed by atoms with van der Waals surface area (Å²) in [7, 11) is 1.42. The van der Waals surface area contributed by atoms with E-state index in [2.05, 4.69) is 5.32 Å². The van der Waals surface area contributed by atoms with Crippen molar-refractivity contribution in [2.45, 2.75) is 6.54 Å². The fourth-order valence-corrected chi connectivity index (χ4v) is 1.78. The summed E-state index contributed by atoms with van der Waals surface area (Å²) in [5, 5.41) is 21.2. The second-order valence-electron chi connectivity index (χ2n) is 4.36. The minimum absolute atomic E-state index is 0.0135. The van der Waals surface area contributed by atoms with E-state index in [9.17, 15) is 9.90 Å². The van der Waals surface area contributed by atoms with E-state index >= 15 is 0 Å². The Morgan fingerprint density at radius 3 is 2.95 bits per heavy atom. The van der Waals surface area contributed by atoms with Crippen LogP contribution in [0.4, 0.5) is 0 Å². The summed E-state index contributed by atoms with van der Waals surface area (Å²) in [5.74, 6) is 0.338. The first-order chi connectivity index (χ1) is 10.6. The van der Waals surface area contributed by atoms with E-state index in [0.29, 0.717) is 11.3 Å². The monoisotopic (exact) mass is 298 g/mol. The van der Waals surface area contributed by atoms with Crippen LogP contribution in [0.3, 0.4) is 0 Å². The third-order valence-corrected chi connectivity index (χ3v) is 2.88. The van der Waals surface area contributed by atoms with Crippen molar-refractivity contribution in [1.29, 1.82) is 5.26 Å². The highest BCUT2D eigenvalue weighted by Gasteiger charge is 2.10. The van der Waals surface area contributed by atoms with Crippen molar-refractivity contribution in [3.8, 4) is 17.6 Å². The molecule has 1 amide bonds. The Kier molecular flexibility index (Phi) is 4.83. The zero-order valence-electron chi connectivity index (χ0n) is 11.9. The summed E-state index contributed by atoms with van der Waals surface area (Å²) in [6, 6.07) is 9.83. The van der Waals surface area contributed by atoms with E-state index in [1.54, 1.807) is 18.2 Å². The van der Waals surface area contributed by atoms with Crippen molar-refractivity contribution >= 4 is 12.0 Å². The summed E-state index contributed by atoms with van der Waals surface area (Å²) >= 11 is 0. The highest BCUT2D eigenvalue weighted by molar-refractivity contribution is 6.01. The number of amides is 1. The maximum Gasteiger partial charge on any atom is 0.262 e. The Morgan fingerprint density at radius 1 is 1.50 bits per heavy atom. The van der Waals surface area contributed by atoms with Gasteiger partial charge in [0.25, 0.3) is 5.91 Å². The van der Waals surface area contributed by atoms with Gasteiger partial charge in [-0.25, -0.2) is 0 Å². The maximum absolute atomic E-state index is 12.0. The van der Waals surface area contributed by atoms with Crippen molar-refractivity contribution < 1.29 is 19.1 Å². The molecule has 0 atom stereocenters. The molecule has 1 aromatic heterocycles. The molecule has 0 aliphatic heterocycles. The summed E-state index contributed by atoms with van der Waals surface area (Å²) in [6.45, 7) is 0.198. The molecule has 112 valence electrons. The average Bonchev–Trinajstić information content (AvgIpc) is 3.05. The van der Waals surface area contributed by atoms with Gasteiger partial charge in [-0.05, 0) is 35.9 Å². The lowest BCUT2D eigenvalue weighted by atomic mass is 10.1. The number of benzene rings is 1. The zero-order chi connectivity index (χ0) is 15.9. The molecule has 0 radical (unpaired) electrons. The summed E-state index contributed by atoms with van der Waals surface area (Å²) in [5.41, 5.74) is 0.513. The Hall–Kier alpha value is -3.20. The van der Waals surface area contributed by atoms with E-state index in [1.165, 1.54) is 31.6 Å². The molecule has 0 aliphatic carbocycles. The lowest BCUT2D eigenvalue weighted by molar-refractivity contribution is -0.117. The van der Waals surface area contributed by atoms with Crippen LogP contribution in [0.1, 0.15) is 11.3 Å². The molecule has 2 N–H and O–H groups in total. The minimum Gasteiger partial charge on any atom is -0.504 e. The standard InChI is InChI=1S/C16H14N2O4/c1-21-15-8-11(4-5-14(15)19)7-12(9-17)16(20)18-10-13-3-2-6-22-13/h2-8,19H,10H2,1H3,(H,18,20).